The van der Waals surface area contributed by atoms with E-state index in [1.54, 1.807) is 31.9 Å². The van der Waals surface area contributed by atoms with Gasteiger partial charge in [-0.15, -0.1) is 0 Å². The van der Waals surface area contributed by atoms with Crippen LogP contribution in [0.1, 0.15) is 74.1 Å². The molecule has 1 heterocycles. The number of carbonyl (C=O) groups is 3. The van der Waals surface area contributed by atoms with Crippen molar-refractivity contribution in [2.24, 2.45) is 11.3 Å². The molecule has 3 atom stereocenters. The van der Waals surface area contributed by atoms with Crippen molar-refractivity contribution in [3.8, 4) is 0 Å². The highest BCUT2D eigenvalue weighted by Crippen LogP contribution is 2.25. The lowest BCUT2D eigenvalue weighted by Gasteiger charge is -2.38. The number of esters is 1. The molecular formula is C25H45N3O4. The van der Waals surface area contributed by atoms with Gasteiger partial charge < -0.3 is 15.0 Å². The molecule has 0 aromatic rings. The standard InChI is InChI=1S/C25H45N3O4/c1-10-32-24(31)18(4)16-20(17(2)3)28(9)23(30)21(25(5,6)7)26-22(29)19-14-12-11-13-15-27(19)8/h16-17,19-21H,10-15H2,1-9H3,(H,26,29)/t19?,20?,21-/m1/s1. The lowest BCUT2D eigenvalue weighted by atomic mass is 9.84. The minimum absolute atomic E-state index is 0.0811. The Kier molecular flexibility index (Phi) is 10.9. The van der Waals surface area contributed by atoms with Gasteiger partial charge in [-0.05, 0) is 51.6 Å². The predicted octanol–water partition coefficient (Wildman–Crippen LogP) is 3.38. The minimum atomic E-state index is -0.672. The first-order valence-corrected chi connectivity index (χ1v) is 11.9. The molecular weight excluding hydrogens is 406 g/mol. The smallest absolute Gasteiger partial charge is 0.333 e. The van der Waals surface area contributed by atoms with Crippen LogP contribution in [0.5, 0.6) is 0 Å². The Balaban J connectivity index is 3.12. The number of nitrogens with one attached hydrogen (secondary N) is 1. The molecule has 1 rings (SSSR count). The van der Waals surface area contributed by atoms with Crippen LogP contribution in [0.2, 0.25) is 0 Å². The van der Waals surface area contributed by atoms with E-state index in [2.05, 4.69) is 10.2 Å². The largest absolute Gasteiger partial charge is 0.463 e. The Labute approximate surface area is 194 Å². The van der Waals surface area contributed by atoms with Crippen LogP contribution < -0.4 is 5.32 Å². The van der Waals surface area contributed by atoms with E-state index in [1.165, 1.54) is 0 Å². The maximum atomic E-state index is 13.6. The Morgan fingerprint density at radius 3 is 2.34 bits per heavy atom. The van der Waals surface area contributed by atoms with Crippen molar-refractivity contribution < 1.29 is 19.1 Å². The molecule has 1 saturated heterocycles. The van der Waals surface area contributed by atoms with Crippen LogP contribution in [-0.2, 0) is 19.1 Å². The van der Waals surface area contributed by atoms with Crippen molar-refractivity contribution in [3.63, 3.8) is 0 Å². The topological polar surface area (TPSA) is 79.0 Å². The second-order valence-electron chi connectivity index (χ2n) is 10.4. The summed E-state index contributed by atoms with van der Waals surface area (Å²) < 4.78 is 5.09. The molecule has 7 heteroatoms. The van der Waals surface area contributed by atoms with E-state index in [4.69, 9.17) is 4.74 Å². The van der Waals surface area contributed by atoms with E-state index in [-0.39, 0.29) is 35.8 Å². The number of rotatable bonds is 8. The van der Waals surface area contributed by atoms with Crippen molar-refractivity contribution >= 4 is 17.8 Å². The van der Waals surface area contributed by atoms with Gasteiger partial charge in [0.25, 0.3) is 0 Å². The number of ether oxygens (including phenoxy) is 1. The molecule has 1 aliphatic rings. The van der Waals surface area contributed by atoms with Crippen LogP contribution in [-0.4, -0.2) is 73.0 Å². The van der Waals surface area contributed by atoms with Gasteiger partial charge in [-0.25, -0.2) is 4.79 Å². The molecule has 1 N–H and O–H groups in total. The van der Waals surface area contributed by atoms with Crippen LogP contribution in [0, 0.1) is 11.3 Å². The average Bonchev–Trinajstić information content (AvgIpc) is 2.92. The third-order valence-electron chi connectivity index (χ3n) is 6.22. The lowest BCUT2D eigenvalue weighted by Crippen LogP contribution is -2.59. The normalized spacial score (nSPS) is 20.3. The van der Waals surface area contributed by atoms with Gasteiger partial charge in [0.05, 0.1) is 18.7 Å². The Morgan fingerprint density at radius 2 is 1.81 bits per heavy atom. The molecule has 1 aliphatic heterocycles. The summed E-state index contributed by atoms with van der Waals surface area (Å²) in [5, 5.41) is 3.07. The van der Waals surface area contributed by atoms with Gasteiger partial charge in [0.1, 0.15) is 6.04 Å². The summed E-state index contributed by atoms with van der Waals surface area (Å²) in [4.78, 5) is 42.7. The molecule has 184 valence electrons. The number of nitrogens with zero attached hydrogens (tertiary/aromatic N) is 2. The zero-order chi connectivity index (χ0) is 24.6. The fraction of sp³-hybridized carbons (Fsp3) is 0.800. The van der Waals surface area contributed by atoms with E-state index in [1.807, 2.05) is 41.7 Å². The number of carbonyl (C=O) groups excluding carboxylic acids is 3. The molecule has 0 aliphatic carbocycles. The van der Waals surface area contributed by atoms with E-state index in [0.717, 1.165) is 32.2 Å². The maximum absolute atomic E-state index is 13.6. The van der Waals surface area contributed by atoms with Crippen LogP contribution in [0.25, 0.3) is 0 Å². The van der Waals surface area contributed by atoms with Crippen LogP contribution >= 0.6 is 0 Å². The highest BCUT2D eigenvalue weighted by molar-refractivity contribution is 5.91. The highest BCUT2D eigenvalue weighted by Gasteiger charge is 2.38. The summed E-state index contributed by atoms with van der Waals surface area (Å²) in [7, 11) is 3.72. The van der Waals surface area contributed by atoms with Gasteiger partial charge in [-0.2, -0.15) is 0 Å². The van der Waals surface area contributed by atoms with Crippen LogP contribution in [0.4, 0.5) is 0 Å². The maximum Gasteiger partial charge on any atom is 0.333 e. The summed E-state index contributed by atoms with van der Waals surface area (Å²) in [6.45, 7) is 14.6. The molecule has 0 bridgehead atoms. The summed E-state index contributed by atoms with van der Waals surface area (Å²) in [5.74, 6) is -0.544. The van der Waals surface area contributed by atoms with E-state index < -0.39 is 11.5 Å². The molecule has 0 aromatic heterocycles. The molecule has 1 fully saturated rings. The van der Waals surface area contributed by atoms with Crippen molar-refractivity contribution in [2.75, 3.05) is 27.2 Å². The molecule has 0 spiro atoms. The lowest BCUT2D eigenvalue weighted by molar-refractivity contribution is -0.141. The Bertz CT molecular complexity index is 681. The van der Waals surface area contributed by atoms with E-state index in [0.29, 0.717) is 12.2 Å². The van der Waals surface area contributed by atoms with Crippen molar-refractivity contribution in [2.45, 2.75) is 92.3 Å². The summed E-state index contributed by atoms with van der Waals surface area (Å²) in [5.41, 5.74) is 0.00719. The van der Waals surface area contributed by atoms with Gasteiger partial charge in [0.15, 0.2) is 0 Å². The molecule has 2 amide bonds. The summed E-state index contributed by atoms with van der Waals surface area (Å²) >= 11 is 0. The van der Waals surface area contributed by atoms with Gasteiger partial charge >= 0.3 is 5.97 Å². The molecule has 7 nitrogen and oxygen atoms in total. The molecule has 0 aromatic carbocycles. The van der Waals surface area contributed by atoms with Gasteiger partial charge in [-0.1, -0.05) is 53.5 Å². The minimum Gasteiger partial charge on any atom is -0.463 e. The number of likely N-dealkylation sites (N-methyl/N-ethyl adjacent to an activating group) is 2. The third kappa shape index (κ3) is 7.91. The first kappa shape index (κ1) is 28.1. The molecule has 0 saturated carbocycles. The van der Waals surface area contributed by atoms with Gasteiger partial charge in [0.2, 0.25) is 11.8 Å². The van der Waals surface area contributed by atoms with E-state index in [9.17, 15) is 14.4 Å². The fourth-order valence-corrected chi connectivity index (χ4v) is 4.14. The highest BCUT2D eigenvalue weighted by atomic mass is 16.5. The van der Waals surface area contributed by atoms with Crippen molar-refractivity contribution in [3.05, 3.63) is 11.6 Å². The number of likely N-dealkylation sites (tertiary alicyclic amines) is 1. The Morgan fingerprint density at radius 1 is 1.19 bits per heavy atom. The third-order valence-corrected chi connectivity index (χ3v) is 6.22. The first-order valence-electron chi connectivity index (χ1n) is 11.9. The number of amides is 2. The fourth-order valence-electron chi connectivity index (χ4n) is 4.14. The average molecular weight is 452 g/mol. The predicted molar refractivity (Wildman–Crippen MR) is 128 cm³/mol. The zero-order valence-electron chi connectivity index (χ0n) is 21.7. The second-order valence-corrected chi connectivity index (χ2v) is 10.4. The number of hydrogen-bond acceptors (Lipinski definition) is 5. The van der Waals surface area contributed by atoms with Crippen LogP contribution in [0.15, 0.2) is 11.6 Å². The molecule has 32 heavy (non-hydrogen) atoms. The van der Waals surface area contributed by atoms with E-state index >= 15 is 0 Å². The van der Waals surface area contributed by atoms with Gasteiger partial charge in [-0.3, -0.25) is 14.5 Å². The quantitative estimate of drug-likeness (QED) is 0.452. The van der Waals surface area contributed by atoms with Crippen LogP contribution in [0.3, 0.4) is 0 Å². The monoisotopic (exact) mass is 451 g/mol. The van der Waals surface area contributed by atoms with Crippen molar-refractivity contribution in [1.82, 2.24) is 15.1 Å². The van der Waals surface area contributed by atoms with Crippen molar-refractivity contribution in [1.29, 1.82) is 0 Å². The SMILES string of the molecule is CCOC(=O)C(C)=CC(C(C)C)N(C)C(=O)[C@@H](NC(=O)C1CCCCCN1C)C(C)(C)C. The second kappa shape index (κ2) is 12.4. The van der Waals surface area contributed by atoms with Gasteiger partial charge in [0, 0.05) is 12.6 Å². The Hall–Kier alpha value is -1.89. The molecule has 0 radical (unpaired) electrons. The summed E-state index contributed by atoms with van der Waals surface area (Å²) in [6.07, 6.45) is 5.83. The number of hydrogen-bond donors (Lipinski definition) is 1. The first-order chi connectivity index (χ1) is 14.8. The summed E-state index contributed by atoms with van der Waals surface area (Å²) in [6, 6.07) is -1.18. The zero-order valence-corrected chi connectivity index (χ0v) is 21.7. The molecule has 2 unspecified atom stereocenters.